The van der Waals surface area contributed by atoms with Crippen LogP contribution in [0.25, 0.3) is 0 Å². The molecule has 0 aromatic heterocycles. The highest BCUT2D eigenvalue weighted by molar-refractivity contribution is 5.95. The number of amides is 1. The van der Waals surface area contributed by atoms with Crippen LogP contribution in [-0.2, 0) is 4.79 Å². The standard InChI is InChI=1S/C18H18FNO/c1-11-3-4-12(2)17(9-11)20-18(21)16-10-15(16)13-5-7-14(19)8-6-13/h3-9,15-16H,10H2,1-2H3,(H,20,21). The van der Waals surface area contributed by atoms with E-state index >= 15 is 0 Å². The molecule has 0 bridgehead atoms. The van der Waals surface area contributed by atoms with Gasteiger partial charge in [0.05, 0.1) is 0 Å². The summed E-state index contributed by atoms with van der Waals surface area (Å²) in [5, 5.41) is 3.01. The highest BCUT2D eigenvalue weighted by atomic mass is 19.1. The molecule has 1 amide bonds. The number of aryl methyl sites for hydroxylation is 2. The summed E-state index contributed by atoms with van der Waals surface area (Å²) in [4.78, 5) is 12.3. The van der Waals surface area contributed by atoms with Gasteiger partial charge in [-0.2, -0.15) is 0 Å². The number of anilines is 1. The maximum Gasteiger partial charge on any atom is 0.228 e. The molecular formula is C18H18FNO. The average Bonchev–Trinajstić information content (AvgIpc) is 3.24. The summed E-state index contributed by atoms with van der Waals surface area (Å²) in [6.07, 6.45) is 0.836. The van der Waals surface area contributed by atoms with Crippen LogP contribution in [0.15, 0.2) is 42.5 Å². The molecule has 2 atom stereocenters. The molecule has 2 unspecified atom stereocenters. The van der Waals surface area contributed by atoms with Gasteiger partial charge in [-0.1, -0.05) is 24.3 Å². The van der Waals surface area contributed by atoms with Gasteiger partial charge >= 0.3 is 0 Å². The van der Waals surface area contributed by atoms with E-state index in [0.29, 0.717) is 0 Å². The summed E-state index contributed by atoms with van der Waals surface area (Å²) in [5.41, 5.74) is 4.11. The van der Waals surface area contributed by atoms with E-state index in [1.807, 2.05) is 32.0 Å². The van der Waals surface area contributed by atoms with Gasteiger partial charge in [-0.05, 0) is 61.1 Å². The summed E-state index contributed by atoms with van der Waals surface area (Å²) in [6.45, 7) is 3.99. The number of hydrogen-bond donors (Lipinski definition) is 1. The van der Waals surface area contributed by atoms with Gasteiger partial charge in [0.25, 0.3) is 0 Å². The second-order valence-electron chi connectivity index (χ2n) is 5.81. The maximum atomic E-state index is 12.9. The van der Waals surface area contributed by atoms with Crippen LogP contribution in [0.3, 0.4) is 0 Å². The molecule has 2 nitrogen and oxygen atoms in total. The molecule has 1 N–H and O–H groups in total. The van der Waals surface area contributed by atoms with Gasteiger partial charge in [0.2, 0.25) is 5.91 Å². The molecule has 0 radical (unpaired) electrons. The fourth-order valence-corrected chi connectivity index (χ4v) is 2.66. The Morgan fingerprint density at radius 2 is 1.86 bits per heavy atom. The molecule has 108 valence electrons. The van der Waals surface area contributed by atoms with E-state index in [9.17, 15) is 9.18 Å². The van der Waals surface area contributed by atoms with Gasteiger partial charge in [0.15, 0.2) is 0 Å². The van der Waals surface area contributed by atoms with Crippen LogP contribution in [0.4, 0.5) is 10.1 Å². The van der Waals surface area contributed by atoms with Crippen LogP contribution >= 0.6 is 0 Å². The van der Waals surface area contributed by atoms with Crippen LogP contribution in [0.1, 0.15) is 29.0 Å². The minimum atomic E-state index is -0.240. The van der Waals surface area contributed by atoms with Gasteiger partial charge in [0, 0.05) is 11.6 Å². The van der Waals surface area contributed by atoms with Crippen molar-refractivity contribution in [2.24, 2.45) is 5.92 Å². The topological polar surface area (TPSA) is 29.1 Å². The van der Waals surface area contributed by atoms with Crippen molar-refractivity contribution in [1.82, 2.24) is 0 Å². The average molecular weight is 283 g/mol. The Kier molecular flexibility index (Phi) is 3.50. The largest absolute Gasteiger partial charge is 0.326 e. The molecule has 1 aliphatic carbocycles. The van der Waals surface area contributed by atoms with Gasteiger partial charge in [-0.25, -0.2) is 4.39 Å². The highest BCUT2D eigenvalue weighted by Crippen LogP contribution is 2.48. The first kappa shape index (κ1) is 13.8. The van der Waals surface area contributed by atoms with Crippen LogP contribution in [-0.4, -0.2) is 5.91 Å². The Morgan fingerprint density at radius 1 is 1.14 bits per heavy atom. The minimum Gasteiger partial charge on any atom is -0.326 e. The number of nitrogens with one attached hydrogen (secondary N) is 1. The normalized spacial score (nSPS) is 20.1. The summed E-state index contributed by atoms with van der Waals surface area (Å²) < 4.78 is 12.9. The van der Waals surface area contributed by atoms with Crippen LogP contribution in [0.2, 0.25) is 0 Å². The van der Waals surface area contributed by atoms with E-state index in [1.165, 1.54) is 12.1 Å². The second kappa shape index (κ2) is 5.32. The maximum absolute atomic E-state index is 12.9. The van der Waals surface area contributed by atoms with Crippen LogP contribution < -0.4 is 5.32 Å². The minimum absolute atomic E-state index is 0.00428. The molecule has 1 fully saturated rings. The monoisotopic (exact) mass is 283 g/mol. The predicted molar refractivity (Wildman–Crippen MR) is 81.8 cm³/mol. The van der Waals surface area contributed by atoms with Crippen molar-refractivity contribution in [2.75, 3.05) is 5.32 Å². The predicted octanol–water partition coefficient (Wildman–Crippen LogP) is 4.18. The van der Waals surface area contributed by atoms with Crippen molar-refractivity contribution in [3.8, 4) is 0 Å². The van der Waals surface area contributed by atoms with Gasteiger partial charge in [0.1, 0.15) is 5.82 Å². The molecular weight excluding hydrogens is 265 g/mol. The number of benzene rings is 2. The van der Waals surface area contributed by atoms with E-state index < -0.39 is 0 Å². The van der Waals surface area contributed by atoms with Gasteiger partial charge in [-0.15, -0.1) is 0 Å². The molecule has 2 aromatic rings. The highest BCUT2D eigenvalue weighted by Gasteiger charge is 2.43. The van der Waals surface area contributed by atoms with E-state index in [-0.39, 0.29) is 23.6 Å². The molecule has 3 heteroatoms. The van der Waals surface area contributed by atoms with Crippen molar-refractivity contribution in [3.63, 3.8) is 0 Å². The molecule has 21 heavy (non-hydrogen) atoms. The second-order valence-corrected chi connectivity index (χ2v) is 5.81. The molecule has 0 spiro atoms. The van der Waals surface area contributed by atoms with E-state index in [2.05, 4.69) is 5.32 Å². The Labute approximate surface area is 124 Å². The Balaban J connectivity index is 1.68. The molecule has 2 aromatic carbocycles. The van der Waals surface area contributed by atoms with Crippen molar-refractivity contribution in [1.29, 1.82) is 0 Å². The molecule has 3 rings (SSSR count). The lowest BCUT2D eigenvalue weighted by molar-refractivity contribution is -0.117. The zero-order chi connectivity index (χ0) is 15.0. The third kappa shape index (κ3) is 2.97. The molecule has 1 aliphatic rings. The first-order valence-electron chi connectivity index (χ1n) is 7.18. The van der Waals surface area contributed by atoms with E-state index in [1.54, 1.807) is 12.1 Å². The third-order valence-corrected chi connectivity index (χ3v) is 4.08. The number of hydrogen-bond acceptors (Lipinski definition) is 1. The Morgan fingerprint density at radius 3 is 2.57 bits per heavy atom. The summed E-state index contributed by atoms with van der Waals surface area (Å²) in [6, 6.07) is 12.5. The van der Waals surface area contributed by atoms with Crippen molar-refractivity contribution in [3.05, 3.63) is 65.0 Å². The Hall–Kier alpha value is -2.16. The van der Waals surface area contributed by atoms with Gasteiger partial charge < -0.3 is 5.32 Å². The first-order valence-corrected chi connectivity index (χ1v) is 7.18. The lowest BCUT2D eigenvalue weighted by Crippen LogP contribution is -2.15. The zero-order valence-corrected chi connectivity index (χ0v) is 12.2. The molecule has 0 saturated heterocycles. The fraction of sp³-hybridized carbons (Fsp3) is 0.278. The van der Waals surface area contributed by atoms with Crippen molar-refractivity contribution >= 4 is 11.6 Å². The van der Waals surface area contributed by atoms with Crippen molar-refractivity contribution in [2.45, 2.75) is 26.2 Å². The quantitative estimate of drug-likeness (QED) is 0.899. The van der Waals surface area contributed by atoms with E-state index in [0.717, 1.165) is 28.8 Å². The third-order valence-electron chi connectivity index (χ3n) is 4.08. The fourth-order valence-electron chi connectivity index (χ4n) is 2.66. The number of carbonyl (C=O) groups excluding carboxylic acids is 1. The SMILES string of the molecule is Cc1ccc(C)c(NC(=O)C2CC2c2ccc(F)cc2)c1. The summed E-state index contributed by atoms with van der Waals surface area (Å²) in [5.74, 6) is 0.0277. The smallest absolute Gasteiger partial charge is 0.228 e. The number of carbonyl (C=O) groups is 1. The zero-order valence-electron chi connectivity index (χ0n) is 12.2. The van der Waals surface area contributed by atoms with E-state index in [4.69, 9.17) is 0 Å². The molecule has 1 saturated carbocycles. The van der Waals surface area contributed by atoms with Crippen LogP contribution in [0.5, 0.6) is 0 Å². The molecule has 0 aliphatic heterocycles. The van der Waals surface area contributed by atoms with Crippen molar-refractivity contribution < 1.29 is 9.18 Å². The lowest BCUT2D eigenvalue weighted by atomic mass is 10.1. The molecule has 0 heterocycles. The van der Waals surface area contributed by atoms with Gasteiger partial charge in [-0.3, -0.25) is 4.79 Å². The number of halogens is 1. The Bertz CT molecular complexity index is 678. The first-order chi connectivity index (χ1) is 10.0. The number of rotatable bonds is 3. The summed E-state index contributed by atoms with van der Waals surface area (Å²) >= 11 is 0. The van der Waals surface area contributed by atoms with Crippen LogP contribution in [0, 0.1) is 25.6 Å². The summed E-state index contributed by atoms with van der Waals surface area (Å²) in [7, 11) is 0. The lowest BCUT2D eigenvalue weighted by Gasteiger charge is -2.09.